The normalized spacial score (nSPS) is 14.2. The zero-order valence-electron chi connectivity index (χ0n) is 10.4. The number of hydrogen-bond donors (Lipinski definition) is 1. The highest BCUT2D eigenvalue weighted by molar-refractivity contribution is 5.96. The first-order valence-corrected chi connectivity index (χ1v) is 6.25. The molecular weight excluding hydrogens is 226 g/mol. The number of anilines is 1. The van der Waals surface area contributed by atoms with Gasteiger partial charge in [0.25, 0.3) is 0 Å². The predicted molar refractivity (Wildman–Crippen MR) is 69.9 cm³/mol. The molecule has 2 N–H and O–H groups in total. The average Bonchev–Trinajstić information content (AvgIpc) is 2.41. The summed E-state index contributed by atoms with van der Waals surface area (Å²) in [5.41, 5.74) is 8.90. The number of carbonyl (C=O) groups is 1. The molecule has 1 amide bonds. The molecule has 94 valence electrons. The summed E-state index contributed by atoms with van der Waals surface area (Å²) in [4.78, 5) is 13.7. The number of carbonyl (C=O) groups excluding carboxylic acids is 1. The molecule has 0 spiro atoms. The van der Waals surface area contributed by atoms with Crippen molar-refractivity contribution in [1.82, 2.24) is 0 Å². The molecule has 0 aliphatic carbocycles. The monoisotopic (exact) mass is 243 g/mol. The van der Waals surface area contributed by atoms with Crippen molar-refractivity contribution in [2.24, 2.45) is 5.73 Å². The number of benzene rings is 1. The molecular formula is C14H17N3O. The molecule has 4 heteroatoms. The van der Waals surface area contributed by atoms with E-state index in [9.17, 15) is 4.79 Å². The van der Waals surface area contributed by atoms with E-state index in [1.807, 2.05) is 12.1 Å². The Labute approximate surface area is 107 Å². The molecule has 0 radical (unpaired) electrons. The minimum atomic E-state index is 0.154. The van der Waals surface area contributed by atoms with Crippen LogP contribution in [0.25, 0.3) is 0 Å². The van der Waals surface area contributed by atoms with Crippen molar-refractivity contribution in [3.05, 3.63) is 29.3 Å². The van der Waals surface area contributed by atoms with Crippen molar-refractivity contribution in [2.75, 3.05) is 11.4 Å². The molecule has 0 saturated heterocycles. The van der Waals surface area contributed by atoms with E-state index >= 15 is 0 Å². The van der Waals surface area contributed by atoms with Gasteiger partial charge in [0.15, 0.2) is 0 Å². The number of aryl methyl sites for hydroxylation is 1. The second-order valence-electron chi connectivity index (χ2n) is 4.47. The maximum Gasteiger partial charge on any atom is 0.227 e. The number of nitriles is 1. The van der Waals surface area contributed by atoms with Crippen LogP contribution in [-0.2, 0) is 17.8 Å². The van der Waals surface area contributed by atoms with Gasteiger partial charge in [-0.15, -0.1) is 0 Å². The van der Waals surface area contributed by atoms with Gasteiger partial charge in [0.1, 0.15) is 0 Å². The van der Waals surface area contributed by atoms with Crippen LogP contribution in [0, 0.1) is 11.3 Å². The summed E-state index contributed by atoms with van der Waals surface area (Å²) in [6.07, 6.45) is 2.55. The lowest BCUT2D eigenvalue weighted by atomic mass is 9.98. The summed E-state index contributed by atoms with van der Waals surface area (Å²) in [5, 5.41) is 8.56. The summed E-state index contributed by atoms with van der Waals surface area (Å²) in [6, 6.07) is 8.13. The second-order valence-corrected chi connectivity index (χ2v) is 4.47. The predicted octanol–water partition coefficient (Wildman–Crippen LogP) is 1.73. The van der Waals surface area contributed by atoms with Crippen LogP contribution >= 0.6 is 0 Å². The molecule has 0 unspecified atom stereocenters. The molecule has 2 rings (SSSR count). The van der Waals surface area contributed by atoms with Crippen LogP contribution in [0.1, 0.15) is 30.4 Å². The smallest absolute Gasteiger partial charge is 0.227 e. The summed E-state index contributed by atoms with van der Waals surface area (Å²) in [6.45, 7) is 1.15. The molecule has 0 fully saturated rings. The van der Waals surface area contributed by atoms with Gasteiger partial charge < -0.3 is 10.6 Å². The third-order valence-electron chi connectivity index (χ3n) is 3.25. The first kappa shape index (κ1) is 12.6. The van der Waals surface area contributed by atoms with Crippen LogP contribution < -0.4 is 10.6 Å². The third-order valence-corrected chi connectivity index (χ3v) is 3.25. The topological polar surface area (TPSA) is 70.1 Å². The van der Waals surface area contributed by atoms with E-state index in [1.165, 1.54) is 5.56 Å². The van der Waals surface area contributed by atoms with Gasteiger partial charge >= 0.3 is 0 Å². The van der Waals surface area contributed by atoms with Crippen LogP contribution in [0.15, 0.2) is 18.2 Å². The lowest BCUT2D eigenvalue weighted by molar-refractivity contribution is -0.118. The SMILES string of the molecule is N#CCCCN1C(=O)CCc2cc(CN)ccc21. The number of nitrogens with two attached hydrogens (primary N) is 1. The van der Waals surface area contributed by atoms with Gasteiger partial charge in [-0.05, 0) is 30.0 Å². The van der Waals surface area contributed by atoms with Gasteiger partial charge in [-0.25, -0.2) is 0 Å². The van der Waals surface area contributed by atoms with Gasteiger partial charge in [0.05, 0.1) is 6.07 Å². The van der Waals surface area contributed by atoms with Crippen molar-refractivity contribution >= 4 is 11.6 Å². The zero-order chi connectivity index (χ0) is 13.0. The molecule has 18 heavy (non-hydrogen) atoms. The average molecular weight is 243 g/mol. The van der Waals surface area contributed by atoms with E-state index in [0.717, 1.165) is 24.1 Å². The highest BCUT2D eigenvalue weighted by Crippen LogP contribution is 2.28. The number of rotatable bonds is 4. The Morgan fingerprint density at radius 1 is 1.39 bits per heavy atom. The van der Waals surface area contributed by atoms with Crippen molar-refractivity contribution in [1.29, 1.82) is 5.26 Å². The number of hydrogen-bond acceptors (Lipinski definition) is 3. The van der Waals surface area contributed by atoms with E-state index in [0.29, 0.717) is 25.9 Å². The fraction of sp³-hybridized carbons (Fsp3) is 0.429. The largest absolute Gasteiger partial charge is 0.326 e. The summed E-state index contributed by atoms with van der Waals surface area (Å²) >= 11 is 0. The molecule has 0 bridgehead atoms. The molecule has 1 heterocycles. The Balaban J connectivity index is 2.22. The fourth-order valence-electron chi connectivity index (χ4n) is 2.30. The maximum atomic E-state index is 11.9. The van der Waals surface area contributed by atoms with Crippen molar-refractivity contribution in [2.45, 2.75) is 32.2 Å². The molecule has 0 atom stereocenters. The number of nitrogens with zero attached hydrogens (tertiary/aromatic N) is 2. The minimum Gasteiger partial charge on any atom is -0.326 e. The number of fused-ring (bicyclic) bond motifs is 1. The highest BCUT2D eigenvalue weighted by atomic mass is 16.2. The molecule has 1 aliphatic heterocycles. The van der Waals surface area contributed by atoms with Gasteiger partial charge in [-0.1, -0.05) is 12.1 Å². The van der Waals surface area contributed by atoms with Gasteiger partial charge in [-0.3, -0.25) is 4.79 Å². The van der Waals surface area contributed by atoms with Crippen LogP contribution in [-0.4, -0.2) is 12.5 Å². The first-order valence-electron chi connectivity index (χ1n) is 6.25. The van der Waals surface area contributed by atoms with E-state index in [1.54, 1.807) is 4.90 Å². The molecule has 4 nitrogen and oxygen atoms in total. The summed E-state index contributed by atoms with van der Waals surface area (Å²) in [5.74, 6) is 0.154. The van der Waals surface area contributed by atoms with Crippen molar-refractivity contribution in [3.63, 3.8) is 0 Å². The lowest BCUT2D eigenvalue weighted by Gasteiger charge is -2.29. The van der Waals surface area contributed by atoms with Crippen LogP contribution in [0.5, 0.6) is 0 Å². The minimum absolute atomic E-state index is 0.154. The van der Waals surface area contributed by atoms with Gasteiger partial charge in [0.2, 0.25) is 5.91 Å². The van der Waals surface area contributed by atoms with E-state index in [4.69, 9.17) is 11.0 Å². The standard InChI is InChI=1S/C14H17N3O/c15-7-1-2-8-17-13-5-3-11(10-16)9-12(13)4-6-14(17)18/h3,5,9H,1-2,4,6,8,10,16H2. The van der Waals surface area contributed by atoms with Crippen LogP contribution in [0.4, 0.5) is 5.69 Å². The van der Waals surface area contributed by atoms with Crippen LogP contribution in [0.2, 0.25) is 0 Å². The molecule has 0 saturated carbocycles. The molecule has 1 aromatic carbocycles. The summed E-state index contributed by atoms with van der Waals surface area (Å²) < 4.78 is 0. The zero-order valence-corrected chi connectivity index (χ0v) is 10.4. The molecule has 0 aromatic heterocycles. The van der Waals surface area contributed by atoms with Crippen molar-refractivity contribution < 1.29 is 4.79 Å². The Kier molecular flexibility index (Phi) is 3.96. The second kappa shape index (κ2) is 5.65. The van der Waals surface area contributed by atoms with E-state index in [2.05, 4.69) is 12.1 Å². The molecule has 1 aliphatic rings. The Morgan fingerprint density at radius 2 is 2.22 bits per heavy atom. The highest BCUT2D eigenvalue weighted by Gasteiger charge is 2.23. The molecule has 1 aromatic rings. The Hall–Kier alpha value is -1.86. The van der Waals surface area contributed by atoms with E-state index in [-0.39, 0.29) is 5.91 Å². The van der Waals surface area contributed by atoms with Gasteiger partial charge in [0, 0.05) is 31.6 Å². The summed E-state index contributed by atoms with van der Waals surface area (Å²) in [7, 11) is 0. The lowest BCUT2D eigenvalue weighted by Crippen LogP contribution is -2.35. The maximum absolute atomic E-state index is 11.9. The van der Waals surface area contributed by atoms with Crippen molar-refractivity contribution in [3.8, 4) is 6.07 Å². The van der Waals surface area contributed by atoms with Crippen LogP contribution in [0.3, 0.4) is 0 Å². The Morgan fingerprint density at radius 3 is 2.94 bits per heavy atom. The fourth-order valence-corrected chi connectivity index (χ4v) is 2.30. The first-order chi connectivity index (χ1) is 8.76. The number of unbranched alkanes of at least 4 members (excludes halogenated alkanes) is 1. The Bertz CT molecular complexity index is 490. The quantitative estimate of drug-likeness (QED) is 0.819. The number of amides is 1. The third kappa shape index (κ3) is 2.52. The van der Waals surface area contributed by atoms with Gasteiger partial charge in [-0.2, -0.15) is 5.26 Å². The van der Waals surface area contributed by atoms with E-state index < -0.39 is 0 Å².